The Morgan fingerprint density at radius 3 is 2.74 bits per heavy atom. The van der Waals surface area contributed by atoms with E-state index in [1.165, 1.54) is 5.56 Å². The lowest BCUT2D eigenvalue weighted by Gasteiger charge is -2.24. The van der Waals surface area contributed by atoms with Gasteiger partial charge < -0.3 is 4.90 Å². The molecule has 3 rings (SSSR count). The van der Waals surface area contributed by atoms with Gasteiger partial charge in [0.05, 0.1) is 10.7 Å². The third kappa shape index (κ3) is 3.47. The number of aryl methyl sites for hydroxylation is 1. The summed E-state index contributed by atoms with van der Waals surface area (Å²) < 4.78 is 0. The average Bonchev–Trinajstić information content (AvgIpc) is 3.14. The van der Waals surface area contributed by atoms with Crippen LogP contribution in [0.1, 0.15) is 58.5 Å². The first kappa shape index (κ1) is 16.2. The van der Waals surface area contributed by atoms with Crippen LogP contribution in [0.3, 0.4) is 0 Å². The molecule has 0 spiro atoms. The zero-order valence-electron chi connectivity index (χ0n) is 14.1. The molecule has 0 aliphatic carbocycles. The smallest absolute Gasteiger partial charge is 0.266 e. The summed E-state index contributed by atoms with van der Waals surface area (Å²) in [6, 6.07) is 10.8. The third-order valence-electron chi connectivity index (χ3n) is 4.45. The molecular formula is C19H24N2OS. The van der Waals surface area contributed by atoms with E-state index in [0.717, 1.165) is 41.4 Å². The van der Waals surface area contributed by atoms with Crippen LogP contribution < -0.4 is 0 Å². The molecule has 2 heterocycles. The lowest BCUT2D eigenvalue weighted by molar-refractivity contribution is 0.0740. The van der Waals surface area contributed by atoms with Crippen molar-refractivity contribution < 1.29 is 4.79 Å². The first-order chi connectivity index (χ1) is 11.1. The molecule has 1 aliphatic rings. The van der Waals surface area contributed by atoms with Crippen LogP contribution in [-0.2, 0) is 6.42 Å². The largest absolute Gasteiger partial charge is 0.335 e. The Kier molecular flexibility index (Phi) is 4.81. The Bertz CT molecular complexity index is 678. The Morgan fingerprint density at radius 1 is 1.35 bits per heavy atom. The maximum atomic E-state index is 13.0. The standard InChI is InChI=1S/C19H24N2OS/c1-13(2)18-20-14(3)17(23-18)19(22)21-11-7-10-16(21)12-15-8-5-4-6-9-15/h4-6,8-9,13,16H,7,10-12H2,1-3H3/t16-/m0/s1. The fraction of sp³-hybridized carbons (Fsp3) is 0.474. The van der Waals surface area contributed by atoms with Crippen LogP contribution in [0.2, 0.25) is 0 Å². The van der Waals surface area contributed by atoms with Gasteiger partial charge in [-0.3, -0.25) is 4.79 Å². The van der Waals surface area contributed by atoms with Gasteiger partial charge in [0.2, 0.25) is 0 Å². The highest BCUT2D eigenvalue weighted by Gasteiger charge is 2.31. The average molecular weight is 328 g/mol. The molecule has 1 amide bonds. The summed E-state index contributed by atoms with van der Waals surface area (Å²) in [6.45, 7) is 7.07. The van der Waals surface area contributed by atoms with Crippen molar-refractivity contribution in [3.05, 3.63) is 51.5 Å². The van der Waals surface area contributed by atoms with Crippen molar-refractivity contribution in [1.82, 2.24) is 9.88 Å². The highest BCUT2D eigenvalue weighted by molar-refractivity contribution is 7.13. The number of aromatic nitrogens is 1. The number of benzene rings is 1. The summed E-state index contributed by atoms with van der Waals surface area (Å²) in [6.07, 6.45) is 3.13. The van der Waals surface area contributed by atoms with Gasteiger partial charge in [0.15, 0.2) is 0 Å². The predicted octanol–water partition coefficient (Wildman–Crippen LogP) is 4.42. The van der Waals surface area contributed by atoms with E-state index in [2.05, 4.69) is 48.0 Å². The number of thiazole rings is 1. The van der Waals surface area contributed by atoms with Crippen LogP contribution in [0, 0.1) is 6.92 Å². The van der Waals surface area contributed by atoms with Crippen LogP contribution in [0.5, 0.6) is 0 Å². The van der Waals surface area contributed by atoms with Gasteiger partial charge in [0, 0.05) is 18.5 Å². The van der Waals surface area contributed by atoms with E-state index in [9.17, 15) is 4.79 Å². The summed E-state index contributed by atoms with van der Waals surface area (Å²) >= 11 is 1.57. The summed E-state index contributed by atoms with van der Waals surface area (Å²) in [7, 11) is 0. The number of rotatable bonds is 4. The Balaban J connectivity index is 1.78. The molecule has 1 aromatic carbocycles. The first-order valence-corrected chi connectivity index (χ1v) is 9.20. The van der Waals surface area contributed by atoms with Gasteiger partial charge in [0.1, 0.15) is 4.88 Å². The second kappa shape index (κ2) is 6.83. The second-order valence-corrected chi connectivity index (χ2v) is 7.64. The van der Waals surface area contributed by atoms with E-state index in [1.807, 2.05) is 13.0 Å². The molecule has 0 radical (unpaired) electrons. The number of likely N-dealkylation sites (tertiary alicyclic amines) is 1. The molecule has 23 heavy (non-hydrogen) atoms. The monoisotopic (exact) mass is 328 g/mol. The van der Waals surface area contributed by atoms with E-state index in [4.69, 9.17) is 0 Å². The van der Waals surface area contributed by atoms with Crippen molar-refractivity contribution in [3.8, 4) is 0 Å². The van der Waals surface area contributed by atoms with Crippen LogP contribution in [-0.4, -0.2) is 28.4 Å². The number of carbonyl (C=O) groups is 1. The Labute approximate surface area is 142 Å². The van der Waals surface area contributed by atoms with Crippen LogP contribution in [0.4, 0.5) is 0 Å². The normalized spacial score (nSPS) is 17.9. The van der Waals surface area contributed by atoms with Crippen LogP contribution in [0.15, 0.2) is 30.3 Å². The number of nitrogens with zero attached hydrogens (tertiary/aromatic N) is 2. The molecular weight excluding hydrogens is 304 g/mol. The van der Waals surface area contributed by atoms with E-state index in [0.29, 0.717) is 12.0 Å². The molecule has 1 aliphatic heterocycles. The number of amides is 1. The number of hydrogen-bond donors (Lipinski definition) is 0. The van der Waals surface area contributed by atoms with E-state index in [1.54, 1.807) is 11.3 Å². The zero-order valence-corrected chi connectivity index (χ0v) is 14.9. The number of hydrogen-bond acceptors (Lipinski definition) is 3. The summed E-state index contributed by atoms with van der Waals surface area (Å²) in [5, 5.41) is 1.06. The van der Waals surface area contributed by atoms with E-state index in [-0.39, 0.29) is 5.91 Å². The summed E-state index contributed by atoms with van der Waals surface area (Å²) in [4.78, 5) is 20.5. The molecule has 1 atom stereocenters. The predicted molar refractivity (Wildman–Crippen MR) is 95.1 cm³/mol. The fourth-order valence-corrected chi connectivity index (χ4v) is 4.22. The summed E-state index contributed by atoms with van der Waals surface area (Å²) in [5.41, 5.74) is 2.19. The van der Waals surface area contributed by atoms with Crippen molar-refractivity contribution in [2.24, 2.45) is 0 Å². The van der Waals surface area contributed by atoms with Gasteiger partial charge in [-0.1, -0.05) is 44.2 Å². The van der Waals surface area contributed by atoms with Crippen molar-refractivity contribution in [2.75, 3.05) is 6.54 Å². The van der Waals surface area contributed by atoms with Crippen molar-refractivity contribution in [3.63, 3.8) is 0 Å². The van der Waals surface area contributed by atoms with Gasteiger partial charge in [-0.2, -0.15) is 0 Å². The van der Waals surface area contributed by atoms with Gasteiger partial charge in [0.25, 0.3) is 5.91 Å². The minimum atomic E-state index is 0.172. The fourth-order valence-electron chi connectivity index (χ4n) is 3.19. The molecule has 122 valence electrons. The van der Waals surface area contributed by atoms with Gasteiger partial charge in [-0.15, -0.1) is 11.3 Å². The Morgan fingerprint density at radius 2 is 2.09 bits per heavy atom. The molecule has 2 aromatic rings. The molecule has 4 heteroatoms. The van der Waals surface area contributed by atoms with Gasteiger partial charge >= 0.3 is 0 Å². The molecule has 3 nitrogen and oxygen atoms in total. The minimum Gasteiger partial charge on any atom is -0.335 e. The van der Waals surface area contributed by atoms with Crippen molar-refractivity contribution >= 4 is 17.2 Å². The quantitative estimate of drug-likeness (QED) is 0.832. The van der Waals surface area contributed by atoms with E-state index >= 15 is 0 Å². The summed E-state index contributed by atoms with van der Waals surface area (Å²) in [5.74, 6) is 0.546. The lowest BCUT2D eigenvalue weighted by Crippen LogP contribution is -2.36. The minimum absolute atomic E-state index is 0.172. The third-order valence-corrected chi connectivity index (χ3v) is 5.90. The molecule has 0 saturated carbocycles. The molecule has 0 bridgehead atoms. The highest BCUT2D eigenvalue weighted by Crippen LogP contribution is 2.29. The lowest BCUT2D eigenvalue weighted by atomic mass is 10.0. The van der Waals surface area contributed by atoms with Crippen molar-refractivity contribution in [2.45, 2.75) is 52.0 Å². The van der Waals surface area contributed by atoms with E-state index < -0.39 is 0 Å². The first-order valence-electron chi connectivity index (χ1n) is 8.38. The molecule has 1 aromatic heterocycles. The maximum absolute atomic E-state index is 13.0. The maximum Gasteiger partial charge on any atom is 0.266 e. The van der Waals surface area contributed by atoms with Crippen LogP contribution in [0.25, 0.3) is 0 Å². The Hall–Kier alpha value is -1.68. The SMILES string of the molecule is Cc1nc(C(C)C)sc1C(=O)N1CCC[C@H]1Cc1ccccc1. The second-order valence-electron chi connectivity index (χ2n) is 6.61. The van der Waals surface area contributed by atoms with Crippen molar-refractivity contribution in [1.29, 1.82) is 0 Å². The molecule has 0 N–H and O–H groups in total. The number of carbonyl (C=O) groups excluding carboxylic acids is 1. The molecule has 1 fully saturated rings. The van der Waals surface area contributed by atoms with Gasteiger partial charge in [-0.05, 0) is 31.7 Å². The molecule has 1 saturated heterocycles. The molecule has 0 unspecified atom stereocenters. The highest BCUT2D eigenvalue weighted by atomic mass is 32.1. The zero-order chi connectivity index (χ0) is 16.4. The van der Waals surface area contributed by atoms with Gasteiger partial charge in [-0.25, -0.2) is 4.98 Å². The topological polar surface area (TPSA) is 33.2 Å². The van der Waals surface area contributed by atoms with Crippen LogP contribution >= 0.6 is 11.3 Å².